The van der Waals surface area contributed by atoms with Gasteiger partial charge in [0.05, 0.1) is 5.56 Å². The fourth-order valence-electron chi connectivity index (χ4n) is 2.54. The third kappa shape index (κ3) is 4.71. The van der Waals surface area contributed by atoms with Crippen molar-refractivity contribution >= 4 is 11.6 Å². The molecule has 0 spiro atoms. The Morgan fingerprint density at radius 3 is 2.62 bits per heavy atom. The first-order chi connectivity index (χ1) is 13.8. The number of carbonyl (C=O) groups is 1. The first-order valence-electron chi connectivity index (χ1n) is 8.40. The largest absolute Gasteiger partial charge is 0.438 e. The van der Waals surface area contributed by atoms with Crippen LogP contribution in [0.1, 0.15) is 27.0 Å². The molecule has 0 atom stereocenters. The topological polar surface area (TPSA) is 75.0 Å². The summed E-state index contributed by atoms with van der Waals surface area (Å²) >= 11 is 0. The average molecular weight is 397 g/mol. The number of alkyl halides is 3. The number of pyridine rings is 1. The Hall–Kier alpha value is -3.86. The van der Waals surface area contributed by atoms with E-state index in [1.54, 1.807) is 37.3 Å². The molecule has 0 aliphatic carbocycles. The zero-order chi connectivity index (χ0) is 21.0. The molecule has 1 aromatic heterocycles. The number of halogens is 3. The SMILES string of the molecule is Cc1cc(Oc2ncccc2C#N)ccc1NC(=O)c1cccc(C(F)(F)F)c1. The lowest BCUT2D eigenvalue weighted by molar-refractivity contribution is -0.137. The molecule has 3 rings (SSSR count). The van der Waals surface area contributed by atoms with Crippen molar-refractivity contribution in [3.05, 3.63) is 83.0 Å². The quantitative estimate of drug-likeness (QED) is 0.646. The number of rotatable bonds is 4. The van der Waals surface area contributed by atoms with Gasteiger partial charge in [0, 0.05) is 17.4 Å². The Bertz CT molecular complexity index is 1100. The van der Waals surface area contributed by atoms with E-state index in [1.165, 1.54) is 18.3 Å². The van der Waals surface area contributed by atoms with Crippen LogP contribution in [0.4, 0.5) is 18.9 Å². The number of anilines is 1. The summed E-state index contributed by atoms with van der Waals surface area (Å²) in [5.41, 5.74) is 0.312. The second-order valence-corrected chi connectivity index (χ2v) is 6.08. The van der Waals surface area contributed by atoms with Crippen molar-refractivity contribution in [1.29, 1.82) is 5.26 Å². The summed E-state index contributed by atoms with van der Waals surface area (Å²) in [7, 11) is 0. The Labute approximate surface area is 164 Å². The van der Waals surface area contributed by atoms with E-state index in [-0.39, 0.29) is 17.0 Å². The average Bonchev–Trinajstić information content (AvgIpc) is 2.70. The van der Waals surface area contributed by atoms with Crippen molar-refractivity contribution in [2.24, 2.45) is 0 Å². The van der Waals surface area contributed by atoms with Crippen LogP contribution in [0.15, 0.2) is 60.8 Å². The summed E-state index contributed by atoms with van der Waals surface area (Å²) in [5, 5.41) is 11.7. The minimum Gasteiger partial charge on any atom is -0.438 e. The molecule has 2 aromatic carbocycles. The van der Waals surface area contributed by atoms with Crippen molar-refractivity contribution in [2.75, 3.05) is 5.32 Å². The highest BCUT2D eigenvalue weighted by Gasteiger charge is 2.30. The molecular weight excluding hydrogens is 383 g/mol. The van der Waals surface area contributed by atoms with Gasteiger partial charge < -0.3 is 10.1 Å². The van der Waals surface area contributed by atoms with Crippen LogP contribution in [-0.2, 0) is 6.18 Å². The smallest absolute Gasteiger partial charge is 0.416 e. The van der Waals surface area contributed by atoms with Gasteiger partial charge in [-0.15, -0.1) is 0 Å². The monoisotopic (exact) mass is 397 g/mol. The van der Waals surface area contributed by atoms with Crippen molar-refractivity contribution in [3.8, 4) is 17.7 Å². The molecule has 0 aliphatic heterocycles. The van der Waals surface area contributed by atoms with Crippen LogP contribution in [0.25, 0.3) is 0 Å². The maximum Gasteiger partial charge on any atom is 0.416 e. The number of aromatic nitrogens is 1. The molecule has 146 valence electrons. The lowest BCUT2D eigenvalue weighted by Crippen LogP contribution is -2.14. The predicted molar refractivity (Wildman–Crippen MR) is 99.6 cm³/mol. The van der Waals surface area contributed by atoms with Gasteiger partial charge in [-0.05, 0) is 61.0 Å². The first kappa shape index (κ1) is 19.9. The van der Waals surface area contributed by atoms with Crippen LogP contribution in [0.5, 0.6) is 11.6 Å². The predicted octanol–water partition coefficient (Wildman–Crippen LogP) is 5.33. The van der Waals surface area contributed by atoms with Crippen LogP contribution in [0.2, 0.25) is 0 Å². The van der Waals surface area contributed by atoms with Crippen molar-refractivity contribution in [1.82, 2.24) is 4.98 Å². The van der Waals surface area contributed by atoms with Gasteiger partial charge in [-0.25, -0.2) is 4.98 Å². The van der Waals surface area contributed by atoms with Gasteiger partial charge in [-0.3, -0.25) is 4.79 Å². The Kier molecular flexibility index (Phi) is 5.50. The normalized spacial score (nSPS) is 10.9. The first-order valence-corrected chi connectivity index (χ1v) is 8.40. The number of ether oxygens (including phenoxy) is 1. The number of hydrogen-bond acceptors (Lipinski definition) is 4. The minimum absolute atomic E-state index is 0.105. The number of amides is 1. The lowest BCUT2D eigenvalue weighted by Gasteiger charge is -2.12. The molecule has 0 saturated carbocycles. The molecule has 3 aromatic rings. The number of hydrogen-bond donors (Lipinski definition) is 1. The highest BCUT2D eigenvalue weighted by molar-refractivity contribution is 6.04. The summed E-state index contributed by atoms with van der Waals surface area (Å²) in [6.07, 6.45) is -3.04. The molecule has 1 N–H and O–H groups in total. The van der Waals surface area contributed by atoms with Crippen molar-refractivity contribution < 1.29 is 22.7 Å². The Balaban J connectivity index is 1.77. The highest BCUT2D eigenvalue weighted by atomic mass is 19.4. The molecule has 1 heterocycles. The van der Waals surface area contributed by atoms with Gasteiger partial charge in [0.15, 0.2) is 0 Å². The van der Waals surface area contributed by atoms with Gasteiger partial charge in [0.2, 0.25) is 5.88 Å². The van der Waals surface area contributed by atoms with Crippen LogP contribution < -0.4 is 10.1 Å². The van der Waals surface area contributed by atoms with Crippen molar-refractivity contribution in [3.63, 3.8) is 0 Å². The van der Waals surface area contributed by atoms with E-state index in [1.807, 2.05) is 6.07 Å². The molecule has 1 amide bonds. The summed E-state index contributed by atoms with van der Waals surface area (Å²) in [4.78, 5) is 16.4. The minimum atomic E-state index is -4.53. The van der Waals surface area contributed by atoms with Gasteiger partial charge in [0.1, 0.15) is 17.4 Å². The maximum atomic E-state index is 12.8. The number of nitrogens with zero attached hydrogens (tertiary/aromatic N) is 2. The molecule has 0 saturated heterocycles. The van der Waals surface area contributed by atoms with E-state index in [9.17, 15) is 18.0 Å². The molecule has 0 bridgehead atoms. The van der Waals surface area contributed by atoms with Gasteiger partial charge in [0.25, 0.3) is 5.91 Å². The third-order valence-electron chi connectivity index (χ3n) is 4.00. The molecule has 5 nitrogen and oxygen atoms in total. The number of benzene rings is 2. The van der Waals surface area contributed by atoms with E-state index >= 15 is 0 Å². The molecule has 0 aliphatic rings. The summed E-state index contributed by atoms with van der Waals surface area (Å²) in [6, 6.07) is 14.1. The molecule has 0 unspecified atom stereocenters. The van der Waals surface area contributed by atoms with Gasteiger partial charge >= 0.3 is 6.18 Å². The second-order valence-electron chi connectivity index (χ2n) is 6.08. The molecule has 0 fully saturated rings. The van der Waals surface area contributed by atoms with E-state index < -0.39 is 17.6 Å². The molecular formula is C21H14F3N3O2. The second kappa shape index (κ2) is 8.02. The van der Waals surface area contributed by atoms with E-state index in [4.69, 9.17) is 10.00 Å². The van der Waals surface area contributed by atoms with Gasteiger partial charge in [-0.1, -0.05) is 6.07 Å². The number of aryl methyl sites for hydroxylation is 1. The summed E-state index contributed by atoms with van der Waals surface area (Å²) in [5.74, 6) is -0.116. The Morgan fingerprint density at radius 2 is 1.93 bits per heavy atom. The summed E-state index contributed by atoms with van der Waals surface area (Å²) in [6.45, 7) is 1.71. The number of carbonyl (C=O) groups excluding carboxylic acids is 1. The van der Waals surface area contributed by atoms with Crippen LogP contribution in [0.3, 0.4) is 0 Å². The van der Waals surface area contributed by atoms with E-state index in [0.29, 0.717) is 17.0 Å². The van der Waals surface area contributed by atoms with Crippen LogP contribution in [0, 0.1) is 18.3 Å². The number of nitriles is 1. The third-order valence-corrected chi connectivity index (χ3v) is 4.00. The van der Waals surface area contributed by atoms with E-state index in [0.717, 1.165) is 12.1 Å². The zero-order valence-electron chi connectivity index (χ0n) is 15.1. The molecule has 29 heavy (non-hydrogen) atoms. The maximum absolute atomic E-state index is 12.8. The fourth-order valence-corrected chi connectivity index (χ4v) is 2.54. The van der Waals surface area contributed by atoms with Crippen molar-refractivity contribution in [2.45, 2.75) is 13.1 Å². The lowest BCUT2D eigenvalue weighted by atomic mass is 10.1. The zero-order valence-corrected chi connectivity index (χ0v) is 15.1. The molecule has 0 radical (unpaired) electrons. The van der Waals surface area contributed by atoms with Gasteiger partial charge in [-0.2, -0.15) is 18.4 Å². The van der Waals surface area contributed by atoms with Crippen LogP contribution in [-0.4, -0.2) is 10.9 Å². The number of nitrogens with one attached hydrogen (secondary N) is 1. The van der Waals surface area contributed by atoms with Crippen LogP contribution >= 0.6 is 0 Å². The highest BCUT2D eigenvalue weighted by Crippen LogP contribution is 2.30. The van der Waals surface area contributed by atoms with E-state index in [2.05, 4.69) is 10.3 Å². The fraction of sp³-hybridized carbons (Fsp3) is 0.0952. The summed E-state index contributed by atoms with van der Waals surface area (Å²) < 4.78 is 44.1. The standard InChI is InChI=1S/C21H14F3N3O2/c1-13-10-17(29-20-15(12-25)5-3-9-26-20)7-8-18(13)27-19(28)14-4-2-6-16(11-14)21(22,23)24/h2-11H,1H3,(H,27,28). The molecule has 8 heteroatoms. The Morgan fingerprint density at radius 1 is 1.14 bits per heavy atom.